The molecule has 16 heavy (non-hydrogen) atoms. The van der Waals surface area contributed by atoms with Gasteiger partial charge in [0.1, 0.15) is 0 Å². The molecule has 1 aromatic rings. The molecular formula is C13H17NO2. The smallest absolute Gasteiger partial charge is 0.159 e. The highest BCUT2D eigenvalue weighted by Crippen LogP contribution is 2.15. The van der Waals surface area contributed by atoms with E-state index < -0.39 is 0 Å². The van der Waals surface area contributed by atoms with Crippen LogP contribution >= 0.6 is 0 Å². The summed E-state index contributed by atoms with van der Waals surface area (Å²) in [5.74, 6) is 0.109. The molecule has 3 nitrogen and oxygen atoms in total. The zero-order chi connectivity index (χ0) is 11.4. The standard InChI is InChI=1S/C13H17NO2/c1-10(15)11-2-4-12(5-3-11)14-13-6-8-16-9-7-13/h2-5,13-14H,6-9H2,1H3. The van der Waals surface area contributed by atoms with Crippen molar-refractivity contribution in [2.75, 3.05) is 18.5 Å². The molecule has 86 valence electrons. The molecule has 0 bridgehead atoms. The maximum absolute atomic E-state index is 11.1. The summed E-state index contributed by atoms with van der Waals surface area (Å²) in [7, 11) is 0. The van der Waals surface area contributed by atoms with Crippen LogP contribution in [0.15, 0.2) is 24.3 Å². The second kappa shape index (κ2) is 5.12. The van der Waals surface area contributed by atoms with Crippen LogP contribution in [0, 0.1) is 0 Å². The topological polar surface area (TPSA) is 38.3 Å². The minimum Gasteiger partial charge on any atom is -0.382 e. The third-order valence-corrected chi connectivity index (χ3v) is 2.88. The van der Waals surface area contributed by atoms with Crippen LogP contribution < -0.4 is 5.32 Å². The quantitative estimate of drug-likeness (QED) is 0.794. The van der Waals surface area contributed by atoms with Gasteiger partial charge in [-0.15, -0.1) is 0 Å². The number of rotatable bonds is 3. The average molecular weight is 219 g/mol. The summed E-state index contributed by atoms with van der Waals surface area (Å²) in [4.78, 5) is 11.1. The van der Waals surface area contributed by atoms with E-state index >= 15 is 0 Å². The number of hydrogen-bond donors (Lipinski definition) is 1. The summed E-state index contributed by atoms with van der Waals surface area (Å²) < 4.78 is 5.30. The third kappa shape index (κ3) is 2.83. The van der Waals surface area contributed by atoms with Crippen molar-refractivity contribution in [1.82, 2.24) is 0 Å². The summed E-state index contributed by atoms with van der Waals surface area (Å²) in [6.45, 7) is 3.26. The molecule has 2 rings (SSSR count). The van der Waals surface area contributed by atoms with Crippen molar-refractivity contribution in [3.05, 3.63) is 29.8 Å². The Morgan fingerprint density at radius 3 is 2.44 bits per heavy atom. The van der Waals surface area contributed by atoms with E-state index in [9.17, 15) is 4.79 Å². The number of hydrogen-bond acceptors (Lipinski definition) is 3. The minimum absolute atomic E-state index is 0.109. The summed E-state index contributed by atoms with van der Waals surface area (Å²) in [5, 5.41) is 3.46. The van der Waals surface area contributed by atoms with E-state index in [1.54, 1.807) is 6.92 Å². The monoisotopic (exact) mass is 219 g/mol. The van der Waals surface area contributed by atoms with Crippen molar-refractivity contribution in [3.8, 4) is 0 Å². The predicted molar refractivity (Wildman–Crippen MR) is 63.9 cm³/mol. The summed E-state index contributed by atoms with van der Waals surface area (Å²) in [6.07, 6.45) is 2.10. The molecule has 0 radical (unpaired) electrons. The Kier molecular flexibility index (Phi) is 3.57. The number of carbonyl (C=O) groups is 1. The van der Waals surface area contributed by atoms with Gasteiger partial charge in [0, 0.05) is 30.5 Å². The van der Waals surface area contributed by atoms with Gasteiger partial charge in [-0.1, -0.05) is 0 Å². The Labute approximate surface area is 95.8 Å². The van der Waals surface area contributed by atoms with E-state index in [0.29, 0.717) is 6.04 Å². The molecule has 1 aliphatic rings. The molecule has 0 aromatic heterocycles. The zero-order valence-electron chi connectivity index (χ0n) is 9.53. The van der Waals surface area contributed by atoms with E-state index in [-0.39, 0.29) is 5.78 Å². The number of nitrogens with one attached hydrogen (secondary N) is 1. The number of anilines is 1. The van der Waals surface area contributed by atoms with Gasteiger partial charge in [-0.05, 0) is 44.0 Å². The number of ether oxygens (including phenoxy) is 1. The van der Waals surface area contributed by atoms with Gasteiger partial charge in [0.2, 0.25) is 0 Å². The molecule has 0 atom stereocenters. The average Bonchev–Trinajstić information content (AvgIpc) is 2.31. The normalized spacial score (nSPS) is 17.1. The van der Waals surface area contributed by atoms with Crippen molar-refractivity contribution in [2.45, 2.75) is 25.8 Å². The largest absolute Gasteiger partial charge is 0.382 e. The lowest BCUT2D eigenvalue weighted by atomic mass is 10.1. The van der Waals surface area contributed by atoms with Gasteiger partial charge in [-0.25, -0.2) is 0 Å². The fourth-order valence-electron chi connectivity index (χ4n) is 1.88. The van der Waals surface area contributed by atoms with Crippen molar-refractivity contribution in [2.24, 2.45) is 0 Å². The summed E-state index contributed by atoms with van der Waals surface area (Å²) in [5.41, 5.74) is 1.84. The van der Waals surface area contributed by atoms with Gasteiger partial charge in [0.05, 0.1) is 0 Å². The van der Waals surface area contributed by atoms with Crippen molar-refractivity contribution < 1.29 is 9.53 Å². The van der Waals surface area contributed by atoms with E-state index in [0.717, 1.165) is 37.3 Å². The van der Waals surface area contributed by atoms with Gasteiger partial charge in [-0.3, -0.25) is 4.79 Å². The van der Waals surface area contributed by atoms with Crippen LogP contribution in [0.1, 0.15) is 30.1 Å². The molecule has 0 unspecified atom stereocenters. The number of benzene rings is 1. The SMILES string of the molecule is CC(=O)c1ccc(NC2CCOCC2)cc1. The highest BCUT2D eigenvalue weighted by Gasteiger charge is 2.13. The molecule has 1 aliphatic heterocycles. The first-order chi connectivity index (χ1) is 7.75. The Balaban J connectivity index is 1.96. The third-order valence-electron chi connectivity index (χ3n) is 2.88. The Hall–Kier alpha value is -1.35. The van der Waals surface area contributed by atoms with E-state index in [2.05, 4.69) is 5.32 Å². The molecule has 0 amide bonds. The molecule has 1 aromatic carbocycles. The Morgan fingerprint density at radius 2 is 1.88 bits per heavy atom. The van der Waals surface area contributed by atoms with Crippen molar-refractivity contribution in [1.29, 1.82) is 0 Å². The molecule has 1 fully saturated rings. The van der Waals surface area contributed by atoms with Crippen LogP contribution in [0.4, 0.5) is 5.69 Å². The van der Waals surface area contributed by atoms with Crippen LogP contribution in [0.5, 0.6) is 0 Å². The van der Waals surface area contributed by atoms with Gasteiger partial charge in [0.15, 0.2) is 5.78 Å². The molecule has 3 heteroatoms. The first kappa shape index (κ1) is 11.1. The highest BCUT2D eigenvalue weighted by atomic mass is 16.5. The van der Waals surface area contributed by atoms with Gasteiger partial charge in [0.25, 0.3) is 0 Å². The fraction of sp³-hybridized carbons (Fsp3) is 0.462. The van der Waals surface area contributed by atoms with E-state index in [1.165, 1.54) is 0 Å². The Morgan fingerprint density at radius 1 is 1.25 bits per heavy atom. The minimum atomic E-state index is 0.109. The lowest BCUT2D eigenvalue weighted by Crippen LogP contribution is -2.27. The summed E-state index contributed by atoms with van der Waals surface area (Å²) in [6, 6.07) is 8.16. The lowest BCUT2D eigenvalue weighted by Gasteiger charge is -2.24. The van der Waals surface area contributed by atoms with Crippen LogP contribution in [-0.4, -0.2) is 25.0 Å². The number of carbonyl (C=O) groups excluding carboxylic acids is 1. The van der Waals surface area contributed by atoms with Crippen molar-refractivity contribution in [3.63, 3.8) is 0 Å². The first-order valence-corrected chi connectivity index (χ1v) is 5.71. The second-order valence-corrected chi connectivity index (χ2v) is 4.16. The Bertz CT molecular complexity index is 353. The molecule has 1 N–H and O–H groups in total. The van der Waals surface area contributed by atoms with Crippen molar-refractivity contribution >= 4 is 11.5 Å². The maximum atomic E-state index is 11.1. The maximum Gasteiger partial charge on any atom is 0.159 e. The van der Waals surface area contributed by atoms with Crippen LogP contribution in [-0.2, 0) is 4.74 Å². The molecule has 0 saturated carbocycles. The number of ketones is 1. The molecule has 1 heterocycles. The lowest BCUT2D eigenvalue weighted by molar-refractivity contribution is 0.0904. The van der Waals surface area contributed by atoms with Crippen LogP contribution in [0.2, 0.25) is 0 Å². The molecular weight excluding hydrogens is 202 g/mol. The predicted octanol–water partition coefficient (Wildman–Crippen LogP) is 2.48. The van der Waals surface area contributed by atoms with E-state index in [4.69, 9.17) is 4.74 Å². The van der Waals surface area contributed by atoms with E-state index in [1.807, 2.05) is 24.3 Å². The van der Waals surface area contributed by atoms with Crippen LogP contribution in [0.3, 0.4) is 0 Å². The number of Topliss-reactive ketones (excluding diaryl/α,β-unsaturated/α-hetero) is 1. The molecule has 0 spiro atoms. The molecule has 0 aliphatic carbocycles. The molecule has 1 saturated heterocycles. The first-order valence-electron chi connectivity index (χ1n) is 5.71. The van der Waals surface area contributed by atoms with Gasteiger partial charge in [-0.2, -0.15) is 0 Å². The summed E-state index contributed by atoms with van der Waals surface area (Å²) >= 11 is 0. The van der Waals surface area contributed by atoms with Crippen LogP contribution in [0.25, 0.3) is 0 Å². The second-order valence-electron chi connectivity index (χ2n) is 4.16. The van der Waals surface area contributed by atoms with Gasteiger partial charge < -0.3 is 10.1 Å². The fourth-order valence-corrected chi connectivity index (χ4v) is 1.88. The highest BCUT2D eigenvalue weighted by molar-refractivity contribution is 5.94. The van der Waals surface area contributed by atoms with Gasteiger partial charge >= 0.3 is 0 Å². The zero-order valence-corrected chi connectivity index (χ0v) is 9.53.